The maximum absolute atomic E-state index is 13.0. The molecule has 0 atom stereocenters. The first kappa shape index (κ1) is 19.9. The first-order chi connectivity index (χ1) is 14.5. The molecule has 2 aromatic heterocycles. The van der Waals surface area contributed by atoms with Crippen LogP contribution < -0.4 is 10.9 Å². The number of nitrogens with zero attached hydrogens (tertiary/aromatic N) is 4. The second-order valence-electron chi connectivity index (χ2n) is 7.39. The van der Waals surface area contributed by atoms with Crippen molar-refractivity contribution >= 4 is 33.1 Å². The van der Waals surface area contributed by atoms with Crippen LogP contribution in [0.15, 0.2) is 59.4 Å². The van der Waals surface area contributed by atoms with Gasteiger partial charge in [-0.3, -0.25) is 14.9 Å². The van der Waals surface area contributed by atoms with Crippen molar-refractivity contribution in [2.75, 3.05) is 5.32 Å². The van der Waals surface area contributed by atoms with Gasteiger partial charge in [0.15, 0.2) is 5.69 Å². The number of rotatable bonds is 6. The molecule has 0 saturated heterocycles. The predicted octanol–water partition coefficient (Wildman–Crippen LogP) is 3.75. The standard InChI is InChI=1S/C22H21N5O2S/c1-14(2)13-27-21(29)17-11-7-6-10-16(17)19(26-27)20(28)23-22-25-24-18(30-22)12-15-8-4-3-5-9-15/h3-11,14H,12-13H2,1-2H3,(H,23,25,28). The van der Waals surface area contributed by atoms with Gasteiger partial charge in [-0.15, -0.1) is 10.2 Å². The minimum atomic E-state index is -0.411. The van der Waals surface area contributed by atoms with Gasteiger partial charge in [0, 0.05) is 18.4 Å². The number of hydrogen-bond donors (Lipinski definition) is 1. The molecule has 30 heavy (non-hydrogen) atoms. The number of amides is 1. The molecular weight excluding hydrogens is 398 g/mol. The zero-order valence-electron chi connectivity index (χ0n) is 16.7. The zero-order valence-corrected chi connectivity index (χ0v) is 17.5. The normalized spacial score (nSPS) is 11.2. The third-order valence-corrected chi connectivity index (χ3v) is 5.35. The van der Waals surface area contributed by atoms with Crippen molar-refractivity contribution in [1.29, 1.82) is 0 Å². The van der Waals surface area contributed by atoms with Crippen LogP contribution >= 0.6 is 11.3 Å². The molecule has 1 N–H and O–H groups in total. The number of anilines is 1. The molecule has 0 radical (unpaired) electrons. The second kappa shape index (κ2) is 8.54. The summed E-state index contributed by atoms with van der Waals surface area (Å²) in [5.41, 5.74) is 1.13. The fourth-order valence-corrected chi connectivity index (χ4v) is 3.94. The van der Waals surface area contributed by atoms with Crippen molar-refractivity contribution in [1.82, 2.24) is 20.0 Å². The maximum atomic E-state index is 13.0. The van der Waals surface area contributed by atoms with Crippen molar-refractivity contribution in [3.63, 3.8) is 0 Å². The molecule has 0 bridgehead atoms. The van der Waals surface area contributed by atoms with Crippen LogP contribution in [0.5, 0.6) is 0 Å². The number of hydrogen-bond acceptors (Lipinski definition) is 6. The summed E-state index contributed by atoms with van der Waals surface area (Å²) in [6.07, 6.45) is 0.648. The first-order valence-corrected chi connectivity index (χ1v) is 10.5. The Morgan fingerprint density at radius 1 is 1.03 bits per heavy atom. The van der Waals surface area contributed by atoms with Gasteiger partial charge in [0.2, 0.25) is 5.13 Å². The van der Waals surface area contributed by atoms with Crippen LogP contribution in [-0.4, -0.2) is 25.9 Å². The lowest BCUT2D eigenvalue weighted by Gasteiger charge is -2.12. The predicted molar refractivity (Wildman–Crippen MR) is 118 cm³/mol. The van der Waals surface area contributed by atoms with Crippen LogP contribution in [0.25, 0.3) is 10.8 Å². The Bertz CT molecular complexity index is 1250. The lowest BCUT2D eigenvalue weighted by molar-refractivity contribution is 0.102. The van der Waals surface area contributed by atoms with Gasteiger partial charge in [-0.2, -0.15) is 5.10 Å². The molecule has 152 valence electrons. The fraction of sp³-hybridized carbons (Fsp3) is 0.227. The molecule has 4 aromatic rings. The molecule has 0 unspecified atom stereocenters. The van der Waals surface area contributed by atoms with Gasteiger partial charge in [0.05, 0.1) is 5.39 Å². The zero-order chi connectivity index (χ0) is 21.1. The third kappa shape index (κ3) is 4.28. The largest absolute Gasteiger partial charge is 0.295 e. The summed E-state index contributed by atoms with van der Waals surface area (Å²) in [7, 11) is 0. The molecule has 8 heteroatoms. The Morgan fingerprint density at radius 3 is 2.47 bits per heavy atom. The molecule has 7 nitrogen and oxygen atoms in total. The molecule has 0 aliphatic heterocycles. The molecule has 0 spiro atoms. The van der Waals surface area contributed by atoms with E-state index in [1.807, 2.05) is 44.2 Å². The van der Waals surface area contributed by atoms with Gasteiger partial charge in [0.1, 0.15) is 5.01 Å². The third-order valence-electron chi connectivity index (χ3n) is 4.51. The van der Waals surface area contributed by atoms with Crippen molar-refractivity contribution < 1.29 is 4.79 Å². The van der Waals surface area contributed by atoms with E-state index >= 15 is 0 Å². The van der Waals surface area contributed by atoms with E-state index in [1.165, 1.54) is 16.0 Å². The van der Waals surface area contributed by atoms with E-state index in [4.69, 9.17) is 0 Å². The van der Waals surface area contributed by atoms with Gasteiger partial charge < -0.3 is 0 Å². The van der Waals surface area contributed by atoms with Gasteiger partial charge in [-0.05, 0) is 17.5 Å². The highest BCUT2D eigenvalue weighted by Crippen LogP contribution is 2.20. The SMILES string of the molecule is CC(C)Cn1nc(C(=O)Nc2nnc(Cc3ccccc3)s2)c2ccccc2c1=O. The number of benzene rings is 2. The Balaban J connectivity index is 1.62. The smallest absolute Gasteiger partial charge is 0.278 e. The van der Waals surface area contributed by atoms with Crippen LogP contribution in [-0.2, 0) is 13.0 Å². The van der Waals surface area contributed by atoms with E-state index in [0.717, 1.165) is 10.6 Å². The summed E-state index contributed by atoms with van der Waals surface area (Å²) in [4.78, 5) is 25.7. The maximum Gasteiger partial charge on any atom is 0.278 e. The number of nitrogens with one attached hydrogen (secondary N) is 1. The quantitative estimate of drug-likeness (QED) is 0.514. The Kier molecular flexibility index (Phi) is 5.67. The highest BCUT2D eigenvalue weighted by Gasteiger charge is 2.18. The Morgan fingerprint density at radius 2 is 1.73 bits per heavy atom. The number of carbonyl (C=O) groups is 1. The van der Waals surface area contributed by atoms with Gasteiger partial charge in [-0.1, -0.05) is 73.7 Å². The molecule has 0 fully saturated rings. The highest BCUT2D eigenvalue weighted by atomic mass is 32.1. The minimum Gasteiger partial charge on any atom is -0.295 e. The van der Waals surface area contributed by atoms with Gasteiger partial charge in [0.25, 0.3) is 11.5 Å². The lowest BCUT2D eigenvalue weighted by atomic mass is 10.1. The van der Waals surface area contributed by atoms with E-state index in [0.29, 0.717) is 28.9 Å². The number of fused-ring (bicyclic) bond motifs is 1. The van der Waals surface area contributed by atoms with E-state index in [-0.39, 0.29) is 17.2 Å². The van der Waals surface area contributed by atoms with Gasteiger partial charge >= 0.3 is 0 Å². The van der Waals surface area contributed by atoms with Crippen molar-refractivity contribution in [3.8, 4) is 0 Å². The van der Waals surface area contributed by atoms with E-state index in [9.17, 15) is 9.59 Å². The summed E-state index contributed by atoms with van der Waals surface area (Å²) in [6, 6.07) is 17.0. The number of carbonyl (C=O) groups excluding carboxylic acids is 1. The molecule has 4 rings (SSSR count). The average molecular weight is 420 g/mol. The summed E-state index contributed by atoms with van der Waals surface area (Å²) < 4.78 is 1.36. The fourth-order valence-electron chi connectivity index (χ4n) is 3.17. The average Bonchev–Trinajstić information content (AvgIpc) is 3.17. The Hall–Kier alpha value is -3.39. The highest BCUT2D eigenvalue weighted by molar-refractivity contribution is 7.15. The first-order valence-electron chi connectivity index (χ1n) is 9.69. The van der Waals surface area contributed by atoms with Crippen LogP contribution in [0, 0.1) is 5.92 Å². The molecular formula is C22H21N5O2S. The van der Waals surface area contributed by atoms with Crippen LogP contribution in [0.3, 0.4) is 0 Å². The summed E-state index contributed by atoms with van der Waals surface area (Å²) in [5, 5.41) is 17.6. The summed E-state index contributed by atoms with van der Waals surface area (Å²) in [6.45, 7) is 4.43. The summed E-state index contributed by atoms with van der Waals surface area (Å²) >= 11 is 1.32. The molecule has 0 aliphatic rings. The van der Waals surface area contributed by atoms with Crippen molar-refractivity contribution in [2.45, 2.75) is 26.8 Å². The van der Waals surface area contributed by atoms with Crippen LogP contribution in [0.1, 0.15) is 34.9 Å². The lowest BCUT2D eigenvalue weighted by Crippen LogP contribution is -2.29. The molecule has 0 saturated carbocycles. The van der Waals surface area contributed by atoms with E-state index < -0.39 is 5.91 Å². The molecule has 2 aromatic carbocycles. The van der Waals surface area contributed by atoms with Gasteiger partial charge in [-0.25, -0.2) is 4.68 Å². The topological polar surface area (TPSA) is 89.8 Å². The monoisotopic (exact) mass is 419 g/mol. The number of aromatic nitrogens is 4. The summed E-state index contributed by atoms with van der Waals surface area (Å²) in [5.74, 6) is -0.193. The van der Waals surface area contributed by atoms with Crippen LogP contribution in [0.2, 0.25) is 0 Å². The minimum absolute atomic E-state index is 0.197. The Labute approximate surface area is 177 Å². The van der Waals surface area contributed by atoms with E-state index in [1.54, 1.807) is 24.3 Å². The second-order valence-corrected chi connectivity index (χ2v) is 8.45. The van der Waals surface area contributed by atoms with Crippen LogP contribution in [0.4, 0.5) is 5.13 Å². The van der Waals surface area contributed by atoms with Crippen molar-refractivity contribution in [3.05, 3.63) is 81.2 Å². The molecule has 0 aliphatic carbocycles. The van der Waals surface area contributed by atoms with Crippen molar-refractivity contribution in [2.24, 2.45) is 5.92 Å². The van der Waals surface area contributed by atoms with E-state index in [2.05, 4.69) is 20.6 Å². The molecule has 2 heterocycles. The molecule has 1 amide bonds.